The third-order valence-electron chi connectivity index (χ3n) is 7.64. The Morgan fingerprint density at radius 3 is 1.95 bits per heavy atom. The van der Waals surface area contributed by atoms with Gasteiger partial charge in [-0.15, -0.1) is 0 Å². The van der Waals surface area contributed by atoms with Crippen molar-refractivity contribution in [2.45, 2.75) is 36.9 Å². The van der Waals surface area contributed by atoms with E-state index in [1.54, 1.807) is 18.2 Å². The maximum absolute atomic E-state index is 11.0. The maximum atomic E-state index is 11.0. The Bertz CT molecular complexity index is 1130. The number of benzene rings is 2. The minimum absolute atomic E-state index is 0.0522. The van der Waals surface area contributed by atoms with Gasteiger partial charge in [0.2, 0.25) is 11.5 Å². The first-order valence-electron chi connectivity index (χ1n) is 12.5. The highest BCUT2D eigenvalue weighted by Crippen LogP contribution is 2.54. The summed E-state index contributed by atoms with van der Waals surface area (Å²) in [7, 11) is 5.66. The van der Waals surface area contributed by atoms with Crippen LogP contribution in [0.25, 0.3) is 0 Å². The van der Waals surface area contributed by atoms with Crippen LogP contribution in [0.2, 0.25) is 0 Å². The molecule has 2 aromatic rings. The number of hydrogen-bond acceptors (Lipinski definition) is 12. The van der Waals surface area contributed by atoms with Gasteiger partial charge >= 0.3 is 0 Å². The average molecular weight is 553 g/mol. The van der Waals surface area contributed by atoms with Crippen molar-refractivity contribution in [3.05, 3.63) is 34.9 Å². The molecular weight excluding hydrogens is 516 g/mol. The van der Waals surface area contributed by atoms with E-state index in [1.807, 2.05) is 0 Å². The van der Waals surface area contributed by atoms with E-state index in [1.165, 1.54) is 28.4 Å². The van der Waals surface area contributed by atoms with E-state index in [2.05, 4.69) is 0 Å². The molecule has 0 unspecified atom stereocenters. The zero-order valence-electron chi connectivity index (χ0n) is 22.2. The van der Waals surface area contributed by atoms with Gasteiger partial charge in [0, 0.05) is 18.1 Å². The van der Waals surface area contributed by atoms with Crippen LogP contribution in [0.3, 0.4) is 0 Å². The van der Waals surface area contributed by atoms with Crippen molar-refractivity contribution in [3.63, 3.8) is 0 Å². The van der Waals surface area contributed by atoms with Gasteiger partial charge in [0.25, 0.3) is 0 Å². The lowest BCUT2D eigenvalue weighted by Crippen LogP contribution is -2.39. The van der Waals surface area contributed by atoms with Gasteiger partial charge in [-0.2, -0.15) is 0 Å². The topological polar surface area (TPSA) is 177 Å². The quantitative estimate of drug-likeness (QED) is 0.241. The third-order valence-corrected chi connectivity index (χ3v) is 7.64. The van der Waals surface area contributed by atoms with Crippen molar-refractivity contribution < 1.29 is 59.1 Å². The van der Waals surface area contributed by atoms with Gasteiger partial charge in [0.15, 0.2) is 29.3 Å². The molecule has 0 amide bonds. The lowest BCUT2D eigenvalue weighted by atomic mass is 9.66. The molecule has 1 heterocycles. The van der Waals surface area contributed by atoms with Gasteiger partial charge in [-0.1, -0.05) is 0 Å². The highest BCUT2D eigenvalue weighted by molar-refractivity contribution is 5.64. The lowest BCUT2D eigenvalue weighted by molar-refractivity contribution is -0.180. The van der Waals surface area contributed by atoms with E-state index in [4.69, 9.17) is 28.4 Å². The number of aliphatic hydroxyl groups is 4. The van der Waals surface area contributed by atoms with Crippen molar-refractivity contribution in [1.29, 1.82) is 0 Å². The fourth-order valence-corrected chi connectivity index (χ4v) is 5.63. The summed E-state index contributed by atoms with van der Waals surface area (Å²) in [6.45, 7) is -0.774. The first-order chi connectivity index (χ1) is 18.7. The van der Waals surface area contributed by atoms with Crippen LogP contribution in [-0.4, -0.2) is 104 Å². The van der Waals surface area contributed by atoms with Crippen molar-refractivity contribution in [2.24, 2.45) is 11.8 Å². The summed E-state index contributed by atoms with van der Waals surface area (Å²) in [6, 6.07) is 4.96. The number of fused-ring (bicyclic) bond motifs is 1. The van der Waals surface area contributed by atoms with Crippen LogP contribution in [0, 0.1) is 11.8 Å². The van der Waals surface area contributed by atoms with E-state index in [0.29, 0.717) is 17.5 Å². The Hall–Kier alpha value is -3.00. The fraction of sp³-hybridized carbons (Fsp3) is 0.556. The molecule has 216 valence electrons. The highest BCUT2D eigenvalue weighted by atomic mass is 16.7. The number of aromatic hydroxyl groups is 2. The third kappa shape index (κ3) is 5.15. The van der Waals surface area contributed by atoms with Crippen molar-refractivity contribution in [2.75, 3.05) is 48.3 Å². The van der Waals surface area contributed by atoms with Crippen LogP contribution >= 0.6 is 0 Å². The van der Waals surface area contributed by atoms with Crippen molar-refractivity contribution >= 4 is 0 Å². The van der Waals surface area contributed by atoms with Gasteiger partial charge < -0.3 is 59.1 Å². The molecule has 6 N–H and O–H groups in total. The molecule has 0 aromatic heterocycles. The molecule has 1 fully saturated rings. The summed E-state index contributed by atoms with van der Waals surface area (Å²) < 4.78 is 33.2. The number of aliphatic hydroxyl groups excluding tert-OH is 4. The Labute approximate surface area is 225 Å². The predicted molar refractivity (Wildman–Crippen MR) is 136 cm³/mol. The zero-order chi connectivity index (χ0) is 28.4. The standard InChI is InChI=1S/C27H36O12/c1-34-16-7-13(8-17(35-2)22(16)30)20-15(11-38-27-25(33)23(31)19(10-29)39-27)14(9-28)5-12-6-18(36-3)24(32)26(37-4)21(12)20/h6-8,14-15,19-20,23,25,27-33H,5,9-11H2,1-4H3/t14-,15-,19-,20+,23+,25-,27-/m1/s1. The summed E-state index contributed by atoms with van der Waals surface area (Å²) in [4.78, 5) is 0. The minimum Gasteiger partial charge on any atom is -0.502 e. The molecule has 0 saturated carbocycles. The van der Waals surface area contributed by atoms with Gasteiger partial charge in [-0.25, -0.2) is 0 Å². The second kappa shape index (κ2) is 12.0. The second-order valence-corrected chi connectivity index (χ2v) is 9.64. The van der Waals surface area contributed by atoms with Gasteiger partial charge in [-0.05, 0) is 47.6 Å². The van der Waals surface area contributed by atoms with Crippen molar-refractivity contribution in [3.8, 4) is 34.5 Å². The molecule has 0 spiro atoms. The van der Waals surface area contributed by atoms with Gasteiger partial charge in [0.1, 0.15) is 18.3 Å². The molecule has 1 aliphatic carbocycles. The van der Waals surface area contributed by atoms with Crippen LogP contribution in [0.15, 0.2) is 18.2 Å². The largest absolute Gasteiger partial charge is 0.502 e. The normalized spacial score (nSPS) is 28.2. The van der Waals surface area contributed by atoms with Gasteiger partial charge in [0.05, 0.1) is 41.7 Å². The fourth-order valence-electron chi connectivity index (χ4n) is 5.63. The van der Waals surface area contributed by atoms with E-state index < -0.39 is 43.0 Å². The maximum Gasteiger partial charge on any atom is 0.201 e. The van der Waals surface area contributed by atoms with Crippen LogP contribution in [0.4, 0.5) is 0 Å². The first kappa shape index (κ1) is 29.0. The molecular formula is C27H36O12. The van der Waals surface area contributed by atoms with Gasteiger partial charge in [-0.3, -0.25) is 0 Å². The second-order valence-electron chi connectivity index (χ2n) is 9.64. The Kier molecular flexibility index (Phi) is 8.94. The van der Waals surface area contributed by atoms with Crippen LogP contribution in [0.1, 0.15) is 22.6 Å². The van der Waals surface area contributed by atoms with Crippen LogP contribution in [-0.2, 0) is 15.9 Å². The average Bonchev–Trinajstić information content (AvgIpc) is 3.23. The van der Waals surface area contributed by atoms with E-state index in [9.17, 15) is 30.6 Å². The molecule has 2 aliphatic rings. The number of hydrogen-bond donors (Lipinski definition) is 6. The molecule has 4 rings (SSSR count). The first-order valence-corrected chi connectivity index (χ1v) is 12.5. The number of methoxy groups -OCH3 is 4. The smallest absolute Gasteiger partial charge is 0.201 e. The Morgan fingerprint density at radius 1 is 0.821 bits per heavy atom. The van der Waals surface area contributed by atoms with Crippen LogP contribution < -0.4 is 18.9 Å². The number of phenolic OH excluding ortho intramolecular Hbond substituents is 2. The van der Waals surface area contributed by atoms with Crippen molar-refractivity contribution in [1.82, 2.24) is 0 Å². The molecule has 12 heteroatoms. The number of ether oxygens (including phenoxy) is 6. The summed E-state index contributed by atoms with van der Waals surface area (Å²) in [5.41, 5.74) is 1.99. The van der Waals surface area contributed by atoms with Crippen LogP contribution in [0.5, 0.6) is 34.5 Å². The minimum atomic E-state index is -1.39. The van der Waals surface area contributed by atoms with E-state index in [0.717, 1.165) is 5.56 Å². The van der Waals surface area contributed by atoms with E-state index >= 15 is 0 Å². The Morgan fingerprint density at radius 2 is 1.44 bits per heavy atom. The molecule has 1 aliphatic heterocycles. The molecule has 0 bridgehead atoms. The summed E-state index contributed by atoms with van der Waals surface area (Å²) in [5.74, 6) is -1.16. The number of phenols is 2. The number of rotatable bonds is 10. The molecule has 1 saturated heterocycles. The zero-order valence-corrected chi connectivity index (χ0v) is 22.2. The molecule has 0 radical (unpaired) electrons. The highest BCUT2D eigenvalue weighted by Gasteiger charge is 2.46. The monoisotopic (exact) mass is 552 g/mol. The van der Waals surface area contributed by atoms with E-state index in [-0.39, 0.29) is 53.6 Å². The summed E-state index contributed by atoms with van der Waals surface area (Å²) in [6.07, 6.45) is -4.55. The molecule has 39 heavy (non-hydrogen) atoms. The molecule has 2 aromatic carbocycles. The SMILES string of the molecule is COc1cc([C@@H]2c3c(cc(OC)c(O)c3OC)C[C@H](CO)[C@H]2CO[C@@H]2O[C@H](CO)[C@H](O)[C@H]2O)cc(OC)c1O. The lowest BCUT2D eigenvalue weighted by Gasteiger charge is -2.40. The molecule has 7 atom stereocenters. The summed E-state index contributed by atoms with van der Waals surface area (Å²) >= 11 is 0. The summed E-state index contributed by atoms with van der Waals surface area (Å²) in [5, 5.41) is 62.0. The Balaban J connectivity index is 1.86. The molecule has 12 nitrogen and oxygen atoms in total. The predicted octanol–water partition coefficient (Wildman–Crippen LogP) is 0.500.